The molecule has 0 spiro atoms. The molecule has 0 atom stereocenters. The Balaban J connectivity index is 1.84. The smallest absolute Gasteiger partial charge is 0.407 e. The zero-order valence-corrected chi connectivity index (χ0v) is 14.3. The summed E-state index contributed by atoms with van der Waals surface area (Å²) < 4.78 is 5.14. The standard InChI is InChI=1S/C19H29NO4/c21-18(22)14-10-5-3-1-2-4-6-11-15-20-19(23)24-16-17-12-8-7-9-13-17/h7-9,12-13H,1-6,10-11,14-16H2,(H,20,23)(H,21,22). The topological polar surface area (TPSA) is 75.6 Å². The molecule has 5 nitrogen and oxygen atoms in total. The third kappa shape index (κ3) is 11.5. The zero-order valence-electron chi connectivity index (χ0n) is 14.3. The Morgan fingerprint density at radius 1 is 0.875 bits per heavy atom. The Morgan fingerprint density at radius 3 is 2.08 bits per heavy atom. The molecule has 0 radical (unpaired) electrons. The van der Waals surface area contributed by atoms with Crippen molar-refractivity contribution in [1.29, 1.82) is 0 Å². The van der Waals surface area contributed by atoms with Crippen LogP contribution in [0.3, 0.4) is 0 Å². The average Bonchev–Trinajstić information content (AvgIpc) is 2.58. The first-order valence-corrected chi connectivity index (χ1v) is 8.85. The first-order chi connectivity index (χ1) is 11.7. The second-order valence-corrected chi connectivity index (χ2v) is 5.96. The average molecular weight is 335 g/mol. The lowest BCUT2D eigenvalue weighted by Crippen LogP contribution is -2.25. The van der Waals surface area contributed by atoms with Crippen molar-refractivity contribution in [1.82, 2.24) is 5.32 Å². The molecule has 2 N–H and O–H groups in total. The molecule has 0 heterocycles. The van der Waals surface area contributed by atoms with Crippen LogP contribution in [-0.4, -0.2) is 23.7 Å². The molecule has 0 fully saturated rings. The van der Waals surface area contributed by atoms with E-state index in [1.165, 1.54) is 6.42 Å². The molecule has 0 aliphatic carbocycles. The molecule has 0 saturated heterocycles. The van der Waals surface area contributed by atoms with Gasteiger partial charge in [0.05, 0.1) is 0 Å². The number of benzene rings is 1. The van der Waals surface area contributed by atoms with E-state index in [0.717, 1.165) is 50.5 Å². The molecule has 1 rings (SSSR count). The van der Waals surface area contributed by atoms with Gasteiger partial charge in [0.25, 0.3) is 0 Å². The van der Waals surface area contributed by atoms with Crippen LogP contribution in [0.5, 0.6) is 0 Å². The van der Waals surface area contributed by atoms with Crippen LogP contribution in [0.1, 0.15) is 63.4 Å². The zero-order chi connectivity index (χ0) is 17.5. The van der Waals surface area contributed by atoms with Gasteiger partial charge in [-0.2, -0.15) is 0 Å². The maximum absolute atomic E-state index is 11.5. The first kappa shape index (κ1) is 20.0. The van der Waals surface area contributed by atoms with Gasteiger partial charge in [0.2, 0.25) is 0 Å². The molecule has 1 aromatic carbocycles. The highest BCUT2D eigenvalue weighted by Gasteiger charge is 2.01. The van der Waals surface area contributed by atoms with E-state index < -0.39 is 5.97 Å². The van der Waals surface area contributed by atoms with E-state index in [0.29, 0.717) is 13.2 Å². The number of unbranched alkanes of at least 4 members (excludes halogenated alkanes) is 7. The van der Waals surface area contributed by atoms with Crippen molar-refractivity contribution in [2.75, 3.05) is 6.54 Å². The number of hydrogen-bond acceptors (Lipinski definition) is 3. The summed E-state index contributed by atoms with van der Waals surface area (Å²) in [4.78, 5) is 21.9. The molecule has 0 aliphatic rings. The van der Waals surface area contributed by atoms with Crippen LogP contribution >= 0.6 is 0 Å². The van der Waals surface area contributed by atoms with Crippen molar-refractivity contribution in [3.8, 4) is 0 Å². The van der Waals surface area contributed by atoms with E-state index in [4.69, 9.17) is 9.84 Å². The molecule has 0 unspecified atom stereocenters. The lowest BCUT2D eigenvalue weighted by atomic mass is 10.1. The lowest BCUT2D eigenvalue weighted by Gasteiger charge is -2.07. The summed E-state index contributed by atoms with van der Waals surface area (Å²) in [5.74, 6) is -0.704. The van der Waals surface area contributed by atoms with Gasteiger partial charge in [0.1, 0.15) is 6.61 Å². The highest BCUT2D eigenvalue weighted by atomic mass is 16.5. The molecule has 1 amide bonds. The third-order valence-electron chi connectivity index (χ3n) is 3.80. The van der Waals surface area contributed by atoms with Gasteiger partial charge in [-0.05, 0) is 18.4 Å². The minimum atomic E-state index is -0.704. The number of carboxylic acid groups (broad SMARTS) is 1. The maximum Gasteiger partial charge on any atom is 0.407 e. The molecule has 1 aromatic rings. The Morgan fingerprint density at radius 2 is 1.46 bits per heavy atom. The summed E-state index contributed by atoms with van der Waals surface area (Å²) in [5.41, 5.74) is 0.982. The normalized spacial score (nSPS) is 10.3. The number of carboxylic acids is 1. The van der Waals surface area contributed by atoms with Gasteiger partial charge >= 0.3 is 12.1 Å². The van der Waals surface area contributed by atoms with Gasteiger partial charge in [0.15, 0.2) is 0 Å². The predicted molar refractivity (Wildman–Crippen MR) is 93.8 cm³/mol. The Kier molecular flexibility index (Phi) is 11.2. The quantitative estimate of drug-likeness (QED) is 0.520. The second kappa shape index (κ2) is 13.4. The highest BCUT2D eigenvalue weighted by molar-refractivity contribution is 5.67. The van der Waals surface area contributed by atoms with Crippen LogP contribution in [0, 0.1) is 0 Å². The summed E-state index contributed by atoms with van der Waals surface area (Å²) in [7, 11) is 0. The largest absolute Gasteiger partial charge is 0.481 e. The third-order valence-corrected chi connectivity index (χ3v) is 3.80. The minimum absolute atomic E-state index is 0.284. The molecular formula is C19H29NO4. The summed E-state index contributed by atoms with van der Waals surface area (Å²) in [5, 5.41) is 11.3. The summed E-state index contributed by atoms with van der Waals surface area (Å²) in [6, 6.07) is 9.62. The molecular weight excluding hydrogens is 306 g/mol. The SMILES string of the molecule is O=C(O)CCCCCCCCCCNC(=O)OCc1ccccc1. The molecule has 5 heteroatoms. The van der Waals surface area contributed by atoms with E-state index in [1.807, 2.05) is 30.3 Å². The molecule has 0 bridgehead atoms. The number of carbonyl (C=O) groups excluding carboxylic acids is 1. The van der Waals surface area contributed by atoms with Gasteiger partial charge in [-0.1, -0.05) is 68.9 Å². The van der Waals surface area contributed by atoms with E-state index in [2.05, 4.69) is 5.32 Å². The van der Waals surface area contributed by atoms with Crippen LogP contribution in [-0.2, 0) is 16.1 Å². The molecule has 0 aromatic heterocycles. The maximum atomic E-state index is 11.5. The molecule has 0 saturated carbocycles. The number of ether oxygens (including phenoxy) is 1. The fourth-order valence-corrected chi connectivity index (χ4v) is 2.43. The van der Waals surface area contributed by atoms with Crippen LogP contribution in [0.2, 0.25) is 0 Å². The van der Waals surface area contributed by atoms with Crippen LogP contribution in [0.4, 0.5) is 4.79 Å². The number of amides is 1. The van der Waals surface area contributed by atoms with Gasteiger partial charge in [-0.25, -0.2) is 4.79 Å². The Bertz CT molecular complexity index is 462. The van der Waals surface area contributed by atoms with E-state index in [9.17, 15) is 9.59 Å². The predicted octanol–water partition coefficient (Wildman–Crippen LogP) is 4.51. The van der Waals surface area contributed by atoms with Crippen molar-refractivity contribution in [3.63, 3.8) is 0 Å². The Hall–Kier alpha value is -2.04. The summed E-state index contributed by atoms with van der Waals surface area (Å²) >= 11 is 0. The highest BCUT2D eigenvalue weighted by Crippen LogP contribution is 2.09. The number of carbonyl (C=O) groups is 2. The number of alkyl carbamates (subject to hydrolysis) is 1. The second-order valence-electron chi connectivity index (χ2n) is 5.96. The van der Waals surface area contributed by atoms with E-state index in [-0.39, 0.29) is 12.5 Å². The monoisotopic (exact) mass is 335 g/mol. The van der Waals surface area contributed by atoms with Crippen LogP contribution < -0.4 is 5.32 Å². The number of hydrogen-bond donors (Lipinski definition) is 2. The number of rotatable bonds is 13. The lowest BCUT2D eigenvalue weighted by molar-refractivity contribution is -0.137. The summed E-state index contributed by atoms with van der Waals surface area (Å²) in [6.45, 7) is 0.945. The van der Waals surface area contributed by atoms with E-state index >= 15 is 0 Å². The molecule has 134 valence electrons. The van der Waals surface area contributed by atoms with Crippen LogP contribution in [0.25, 0.3) is 0 Å². The van der Waals surface area contributed by atoms with Gasteiger partial charge < -0.3 is 15.2 Å². The molecule has 24 heavy (non-hydrogen) atoms. The van der Waals surface area contributed by atoms with Crippen molar-refractivity contribution >= 4 is 12.1 Å². The van der Waals surface area contributed by atoms with E-state index in [1.54, 1.807) is 0 Å². The number of nitrogens with one attached hydrogen (secondary N) is 1. The summed E-state index contributed by atoms with van der Waals surface area (Å²) in [6.07, 6.45) is 8.34. The van der Waals surface area contributed by atoms with Crippen molar-refractivity contribution in [2.24, 2.45) is 0 Å². The van der Waals surface area contributed by atoms with Gasteiger partial charge in [-0.3, -0.25) is 4.79 Å². The fourth-order valence-electron chi connectivity index (χ4n) is 2.43. The van der Waals surface area contributed by atoms with Crippen molar-refractivity contribution < 1.29 is 19.4 Å². The van der Waals surface area contributed by atoms with Crippen molar-refractivity contribution in [2.45, 2.75) is 64.4 Å². The van der Waals surface area contributed by atoms with Crippen molar-refractivity contribution in [3.05, 3.63) is 35.9 Å². The minimum Gasteiger partial charge on any atom is -0.481 e. The fraction of sp³-hybridized carbons (Fsp3) is 0.579. The van der Waals surface area contributed by atoms with Gasteiger partial charge in [0, 0.05) is 13.0 Å². The number of aliphatic carboxylic acids is 1. The Labute approximate surface area is 144 Å². The van der Waals surface area contributed by atoms with Crippen LogP contribution in [0.15, 0.2) is 30.3 Å². The van der Waals surface area contributed by atoms with Gasteiger partial charge in [-0.15, -0.1) is 0 Å². The first-order valence-electron chi connectivity index (χ1n) is 8.85. The molecule has 0 aliphatic heterocycles.